The van der Waals surface area contributed by atoms with Crippen LogP contribution in [0.25, 0.3) is 11.1 Å². The van der Waals surface area contributed by atoms with Crippen LogP contribution in [-0.2, 0) is 0 Å². The highest BCUT2D eigenvalue weighted by atomic mass is 19.2. The number of ether oxygens (including phenoxy) is 1. The minimum absolute atomic E-state index is 0.0796. The molecule has 1 fully saturated rings. The van der Waals surface area contributed by atoms with Gasteiger partial charge < -0.3 is 4.74 Å². The van der Waals surface area contributed by atoms with E-state index < -0.39 is 23.3 Å². The number of hydrogen-bond acceptors (Lipinski definition) is 1. The van der Waals surface area contributed by atoms with Crippen molar-refractivity contribution in [3.05, 3.63) is 65.8 Å². The molecule has 2 aromatic rings. The molecule has 0 heterocycles. The number of hydrogen-bond donors (Lipinski definition) is 0. The zero-order valence-electron chi connectivity index (χ0n) is 19.4. The molecule has 3 rings (SSSR count). The van der Waals surface area contributed by atoms with E-state index in [2.05, 4.69) is 13.5 Å². The van der Waals surface area contributed by atoms with E-state index in [9.17, 15) is 17.6 Å². The van der Waals surface area contributed by atoms with Gasteiger partial charge in [0.25, 0.3) is 0 Å². The Morgan fingerprint density at radius 2 is 1.39 bits per heavy atom. The molecular weight excluding hydrogens is 428 g/mol. The van der Waals surface area contributed by atoms with Crippen molar-refractivity contribution in [3.8, 4) is 16.9 Å². The maximum atomic E-state index is 14.9. The van der Waals surface area contributed by atoms with Crippen molar-refractivity contribution in [2.45, 2.75) is 77.0 Å². The molecule has 0 spiro atoms. The van der Waals surface area contributed by atoms with Crippen LogP contribution in [0.3, 0.4) is 0 Å². The summed E-state index contributed by atoms with van der Waals surface area (Å²) < 4.78 is 64.6. The van der Waals surface area contributed by atoms with Crippen molar-refractivity contribution < 1.29 is 22.3 Å². The molecule has 1 aliphatic carbocycles. The van der Waals surface area contributed by atoms with Crippen molar-refractivity contribution >= 4 is 0 Å². The molecule has 1 nitrogen and oxygen atoms in total. The van der Waals surface area contributed by atoms with Crippen LogP contribution in [0.5, 0.6) is 5.75 Å². The Hall–Kier alpha value is -2.30. The monoisotopic (exact) mass is 462 g/mol. The summed E-state index contributed by atoms with van der Waals surface area (Å²) in [5, 5.41) is 0. The number of halogens is 4. The highest BCUT2D eigenvalue weighted by Gasteiger charge is 2.27. The number of rotatable bonds is 11. The first-order valence-electron chi connectivity index (χ1n) is 12.2. The summed E-state index contributed by atoms with van der Waals surface area (Å²) in [4.78, 5) is 0. The summed E-state index contributed by atoms with van der Waals surface area (Å²) in [7, 11) is 0. The highest BCUT2D eigenvalue weighted by molar-refractivity contribution is 5.66. The van der Waals surface area contributed by atoms with Gasteiger partial charge in [-0.2, -0.15) is 4.39 Å². The standard InChI is InChI=1S/C28H34F4O/c1-3-5-6-7-8-9-18-33-24-17-16-23(27(31)28(24)32)22-15-14-21(25(29)26(22)30)20-12-10-19(4-2)11-13-20/h4,14-17,19-20H,2-3,5-13,18H2,1H3. The van der Waals surface area contributed by atoms with Crippen LogP contribution in [0.15, 0.2) is 36.9 Å². The predicted molar refractivity (Wildman–Crippen MR) is 125 cm³/mol. The van der Waals surface area contributed by atoms with Crippen LogP contribution in [0.2, 0.25) is 0 Å². The summed E-state index contributed by atoms with van der Waals surface area (Å²) in [6.45, 7) is 6.24. The highest BCUT2D eigenvalue weighted by Crippen LogP contribution is 2.40. The third-order valence-corrected chi connectivity index (χ3v) is 6.75. The molecule has 0 N–H and O–H groups in total. The molecule has 0 bridgehead atoms. The molecule has 0 amide bonds. The first-order valence-corrected chi connectivity index (χ1v) is 12.2. The van der Waals surface area contributed by atoms with Crippen LogP contribution in [0.4, 0.5) is 17.6 Å². The lowest BCUT2D eigenvalue weighted by molar-refractivity contribution is 0.285. The van der Waals surface area contributed by atoms with Gasteiger partial charge in [0.1, 0.15) is 0 Å². The van der Waals surface area contributed by atoms with E-state index in [-0.39, 0.29) is 29.4 Å². The van der Waals surface area contributed by atoms with Crippen molar-refractivity contribution in [1.29, 1.82) is 0 Å². The van der Waals surface area contributed by atoms with Crippen molar-refractivity contribution in [1.82, 2.24) is 0 Å². The summed E-state index contributed by atoms with van der Waals surface area (Å²) in [6.07, 6.45) is 11.5. The zero-order chi connectivity index (χ0) is 23.8. The SMILES string of the molecule is C=CC1CCC(c2ccc(-c3ccc(OCCCCCCCC)c(F)c3F)c(F)c2F)CC1. The average molecular weight is 463 g/mol. The van der Waals surface area contributed by atoms with Crippen LogP contribution in [0.1, 0.15) is 82.6 Å². The van der Waals surface area contributed by atoms with Crippen molar-refractivity contribution in [2.75, 3.05) is 6.61 Å². The van der Waals surface area contributed by atoms with Gasteiger partial charge in [-0.1, -0.05) is 57.2 Å². The van der Waals surface area contributed by atoms with Crippen LogP contribution in [0, 0.1) is 29.2 Å². The van der Waals surface area contributed by atoms with Crippen LogP contribution < -0.4 is 4.74 Å². The summed E-state index contributed by atoms with van der Waals surface area (Å²) in [6, 6.07) is 5.39. The van der Waals surface area contributed by atoms with E-state index in [0.29, 0.717) is 11.5 Å². The van der Waals surface area contributed by atoms with Gasteiger partial charge in [-0.05, 0) is 61.6 Å². The third-order valence-electron chi connectivity index (χ3n) is 6.75. The van der Waals surface area contributed by atoms with Gasteiger partial charge in [0.15, 0.2) is 23.2 Å². The molecule has 0 saturated heterocycles. The number of benzene rings is 2. The molecule has 0 radical (unpaired) electrons. The Labute approximate surface area is 194 Å². The Balaban J connectivity index is 1.69. The van der Waals surface area contributed by atoms with E-state index >= 15 is 0 Å². The van der Waals surface area contributed by atoms with Gasteiger partial charge in [0, 0.05) is 11.1 Å². The lowest BCUT2D eigenvalue weighted by atomic mass is 9.78. The Morgan fingerprint density at radius 1 is 0.788 bits per heavy atom. The first kappa shape index (κ1) is 25.3. The van der Waals surface area contributed by atoms with Gasteiger partial charge in [-0.3, -0.25) is 0 Å². The minimum atomic E-state index is -1.23. The van der Waals surface area contributed by atoms with E-state index in [0.717, 1.165) is 57.8 Å². The smallest absolute Gasteiger partial charge is 0.201 e. The van der Waals surface area contributed by atoms with Gasteiger partial charge in [0.05, 0.1) is 6.61 Å². The molecule has 2 aromatic carbocycles. The quantitative estimate of drug-likeness (QED) is 0.184. The summed E-state index contributed by atoms with van der Waals surface area (Å²) in [5.41, 5.74) is -0.286. The number of unbranched alkanes of at least 4 members (excludes halogenated alkanes) is 5. The van der Waals surface area contributed by atoms with E-state index in [1.54, 1.807) is 0 Å². The molecule has 5 heteroatoms. The fourth-order valence-electron chi connectivity index (χ4n) is 4.67. The van der Waals surface area contributed by atoms with Crippen molar-refractivity contribution in [2.24, 2.45) is 5.92 Å². The largest absolute Gasteiger partial charge is 0.490 e. The molecule has 1 aliphatic rings. The van der Waals surface area contributed by atoms with Crippen LogP contribution in [-0.4, -0.2) is 6.61 Å². The lowest BCUT2D eigenvalue weighted by Gasteiger charge is -2.27. The maximum Gasteiger partial charge on any atom is 0.201 e. The summed E-state index contributed by atoms with van der Waals surface area (Å²) >= 11 is 0. The fraction of sp³-hybridized carbons (Fsp3) is 0.500. The van der Waals surface area contributed by atoms with Gasteiger partial charge >= 0.3 is 0 Å². The lowest BCUT2D eigenvalue weighted by Crippen LogP contribution is -2.13. The predicted octanol–water partition coefficient (Wildman–Crippen LogP) is 9.11. The minimum Gasteiger partial charge on any atom is -0.490 e. The third kappa shape index (κ3) is 6.18. The molecule has 0 unspecified atom stereocenters. The molecule has 0 atom stereocenters. The molecule has 180 valence electrons. The van der Waals surface area contributed by atoms with E-state index in [1.165, 1.54) is 30.7 Å². The van der Waals surface area contributed by atoms with Crippen LogP contribution >= 0.6 is 0 Å². The molecule has 33 heavy (non-hydrogen) atoms. The second-order valence-corrected chi connectivity index (χ2v) is 9.03. The maximum absolute atomic E-state index is 14.9. The van der Waals surface area contributed by atoms with Crippen molar-refractivity contribution in [3.63, 3.8) is 0 Å². The van der Waals surface area contributed by atoms with Gasteiger partial charge in [-0.25, -0.2) is 13.2 Å². The van der Waals surface area contributed by atoms with E-state index in [1.807, 2.05) is 6.08 Å². The summed E-state index contributed by atoms with van der Waals surface area (Å²) in [5.74, 6) is -4.40. The second-order valence-electron chi connectivity index (χ2n) is 9.03. The normalized spacial score (nSPS) is 18.3. The fourth-order valence-corrected chi connectivity index (χ4v) is 4.67. The average Bonchev–Trinajstić information content (AvgIpc) is 2.83. The molecule has 0 aliphatic heterocycles. The molecular formula is C28H34F4O. The molecule has 0 aromatic heterocycles. The first-order chi connectivity index (χ1) is 16.0. The Kier molecular flexibility index (Phi) is 9.40. The molecule has 1 saturated carbocycles. The van der Waals surface area contributed by atoms with Gasteiger partial charge in [0.2, 0.25) is 5.82 Å². The second kappa shape index (κ2) is 12.2. The van der Waals surface area contributed by atoms with E-state index in [4.69, 9.17) is 4.74 Å². The zero-order valence-corrected chi connectivity index (χ0v) is 19.4. The Morgan fingerprint density at radius 3 is 2.06 bits per heavy atom. The Bertz CT molecular complexity index is 932. The topological polar surface area (TPSA) is 9.23 Å². The number of allylic oxidation sites excluding steroid dienone is 1. The van der Waals surface area contributed by atoms with Gasteiger partial charge in [-0.15, -0.1) is 6.58 Å².